The van der Waals surface area contributed by atoms with E-state index in [0.717, 1.165) is 4.47 Å². The zero-order chi connectivity index (χ0) is 26.3. The molecule has 0 aliphatic carbocycles. The molecule has 0 saturated heterocycles. The maximum absolute atomic E-state index is 13.8. The number of carbonyl (C=O) groups excluding carboxylic acids is 2. The summed E-state index contributed by atoms with van der Waals surface area (Å²) in [4.78, 5) is 43.5. The van der Waals surface area contributed by atoms with Crippen molar-refractivity contribution in [3.05, 3.63) is 83.0 Å². The van der Waals surface area contributed by atoms with Crippen molar-refractivity contribution in [1.29, 1.82) is 0 Å². The van der Waals surface area contributed by atoms with E-state index >= 15 is 0 Å². The highest BCUT2D eigenvalue weighted by Crippen LogP contribution is 2.38. The first kappa shape index (κ1) is 25.0. The van der Waals surface area contributed by atoms with Crippen molar-refractivity contribution in [2.24, 2.45) is 4.99 Å². The molecule has 1 aromatic heterocycles. The monoisotopic (exact) mass is 584 g/mol. The molecule has 1 atom stereocenters. The Hall–Kier alpha value is -3.70. The maximum Gasteiger partial charge on any atom is 0.338 e. The molecule has 5 rings (SSSR count). The molecule has 2 aromatic carbocycles. The van der Waals surface area contributed by atoms with Crippen molar-refractivity contribution in [1.82, 2.24) is 4.57 Å². The highest BCUT2D eigenvalue weighted by atomic mass is 79.9. The van der Waals surface area contributed by atoms with E-state index in [1.54, 1.807) is 56.3 Å². The van der Waals surface area contributed by atoms with Gasteiger partial charge in [0.2, 0.25) is 6.79 Å². The first-order valence-corrected chi connectivity index (χ1v) is 12.9. The van der Waals surface area contributed by atoms with Crippen molar-refractivity contribution in [2.45, 2.75) is 26.8 Å². The highest BCUT2D eigenvalue weighted by Gasteiger charge is 2.34. The number of fused-ring (bicyclic) bond motifs is 2. The lowest BCUT2D eigenvalue weighted by Crippen LogP contribution is -2.39. The molecule has 2 aliphatic heterocycles. The van der Waals surface area contributed by atoms with Crippen LogP contribution in [0.1, 0.15) is 37.9 Å². The molecule has 0 unspecified atom stereocenters. The standard InChI is InChI=1S/C26H21BrN2O7S/c1-4-33-25(32)22-13(2)28-26-29(23(22)15-5-7-19-20(10-15)35-12-34-19)24(31)21(37-26)11-16-9-17(27)6-8-18(16)36-14(3)30/h5-11,23H,4,12H2,1-3H3/b21-11-/t23-/m0/s1. The van der Waals surface area contributed by atoms with Gasteiger partial charge < -0.3 is 18.9 Å². The topological polar surface area (TPSA) is 105 Å². The molecule has 2 aliphatic rings. The summed E-state index contributed by atoms with van der Waals surface area (Å²) in [6.07, 6.45) is 1.65. The molecule has 3 heterocycles. The van der Waals surface area contributed by atoms with Gasteiger partial charge in [-0.1, -0.05) is 33.3 Å². The summed E-state index contributed by atoms with van der Waals surface area (Å²) in [6.45, 7) is 5.02. The normalized spacial score (nSPS) is 16.3. The van der Waals surface area contributed by atoms with Crippen molar-refractivity contribution in [3.8, 4) is 17.2 Å². The van der Waals surface area contributed by atoms with Crippen LogP contribution in [0.5, 0.6) is 17.2 Å². The number of rotatable bonds is 5. The number of thiazole rings is 1. The van der Waals surface area contributed by atoms with Gasteiger partial charge in [0.05, 0.1) is 28.5 Å². The van der Waals surface area contributed by atoms with Crippen LogP contribution in [0.25, 0.3) is 6.08 Å². The van der Waals surface area contributed by atoms with Crippen LogP contribution in [-0.4, -0.2) is 29.9 Å². The second kappa shape index (κ2) is 9.98. The highest BCUT2D eigenvalue weighted by molar-refractivity contribution is 9.10. The third-order valence-electron chi connectivity index (χ3n) is 5.74. The predicted molar refractivity (Wildman–Crippen MR) is 138 cm³/mol. The van der Waals surface area contributed by atoms with E-state index in [-0.39, 0.29) is 24.5 Å². The molecular formula is C26H21BrN2O7S. The van der Waals surface area contributed by atoms with Crippen LogP contribution in [0.2, 0.25) is 0 Å². The summed E-state index contributed by atoms with van der Waals surface area (Å²) in [5, 5.41) is 0. The molecule has 9 nitrogen and oxygen atoms in total. The van der Waals surface area contributed by atoms with Gasteiger partial charge in [0.25, 0.3) is 5.56 Å². The van der Waals surface area contributed by atoms with E-state index in [4.69, 9.17) is 18.9 Å². The van der Waals surface area contributed by atoms with Crippen molar-refractivity contribution in [3.63, 3.8) is 0 Å². The van der Waals surface area contributed by atoms with Crippen LogP contribution < -0.4 is 29.1 Å². The summed E-state index contributed by atoms with van der Waals surface area (Å²) in [6, 6.07) is 9.65. The Morgan fingerprint density at radius 1 is 1.22 bits per heavy atom. The van der Waals surface area contributed by atoms with E-state index in [2.05, 4.69) is 20.9 Å². The van der Waals surface area contributed by atoms with Gasteiger partial charge in [-0.05, 0) is 55.8 Å². The van der Waals surface area contributed by atoms with Crippen LogP contribution in [0.15, 0.2) is 61.9 Å². The van der Waals surface area contributed by atoms with Gasteiger partial charge in [-0.3, -0.25) is 14.2 Å². The molecule has 0 amide bonds. The molecule has 11 heteroatoms. The van der Waals surface area contributed by atoms with Gasteiger partial charge in [0, 0.05) is 17.0 Å². The zero-order valence-corrected chi connectivity index (χ0v) is 22.5. The van der Waals surface area contributed by atoms with Crippen LogP contribution in [0.4, 0.5) is 0 Å². The smallest absolute Gasteiger partial charge is 0.338 e. The average molecular weight is 585 g/mol. The molecule has 0 spiro atoms. The van der Waals surface area contributed by atoms with Gasteiger partial charge in [0.1, 0.15) is 5.75 Å². The molecule has 37 heavy (non-hydrogen) atoms. The summed E-state index contributed by atoms with van der Waals surface area (Å²) in [5.74, 6) is 0.401. The number of ether oxygens (including phenoxy) is 4. The Labute approximate surface area is 223 Å². The second-order valence-corrected chi connectivity index (χ2v) is 10.1. The van der Waals surface area contributed by atoms with E-state index < -0.39 is 18.0 Å². The molecule has 3 aromatic rings. The number of halogens is 1. The molecule has 0 N–H and O–H groups in total. The number of benzene rings is 2. The minimum Gasteiger partial charge on any atom is -0.463 e. The molecule has 190 valence electrons. The van der Waals surface area contributed by atoms with Gasteiger partial charge in [-0.2, -0.15) is 0 Å². The van der Waals surface area contributed by atoms with Crippen molar-refractivity contribution < 1.29 is 28.5 Å². The summed E-state index contributed by atoms with van der Waals surface area (Å²) in [7, 11) is 0. The Bertz CT molecular complexity index is 1650. The Morgan fingerprint density at radius 3 is 2.76 bits per heavy atom. The first-order valence-electron chi connectivity index (χ1n) is 11.3. The number of hydrogen-bond acceptors (Lipinski definition) is 9. The van der Waals surface area contributed by atoms with Crippen LogP contribution in [0, 0.1) is 0 Å². The Kier molecular flexibility index (Phi) is 6.74. The largest absolute Gasteiger partial charge is 0.463 e. The first-order chi connectivity index (χ1) is 17.8. The number of hydrogen-bond donors (Lipinski definition) is 0. The molecule has 0 fully saturated rings. The van der Waals surface area contributed by atoms with E-state index in [9.17, 15) is 14.4 Å². The number of esters is 2. The lowest BCUT2D eigenvalue weighted by atomic mass is 9.95. The average Bonchev–Trinajstić information content (AvgIpc) is 3.43. The SMILES string of the molecule is CCOC(=O)C1=C(C)N=c2s/c(=C\c3cc(Br)ccc3OC(C)=O)c(=O)n2[C@H]1c1ccc2c(c1)OCO2. The summed E-state index contributed by atoms with van der Waals surface area (Å²) >= 11 is 4.60. The van der Waals surface area contributed by atoms with Crippen molar-refractivity contribution in [2.75, 3.05) is 13.4 Å². The van der Waals surface area contributed by atoms with Gasteiger partial charge >= 0.3 is 11.9 Å². The van der Waals surface area contributed by atoms with Crippen LogP contribution in [-0.2, 0) is 14.3 Å². The molecule has 0 radical (unpaired) electrons. The summed E-state index contributed by atoms with van der Waals surface area (Å²) < 4.78 is 24.2. The second-order valence-electron chi connectivity index (χ2n) is 8.19. The number of carbonyl (C=O) groups is 2. The lowest BCUT2D eigenvalue weighted by molar-refractivity contribution is -0.139. The maximum atomic E-state index is 13.8. The fourth-order valence-electron chi connectivity index (χ4n) is 4.21. The predicted octanol–water partition coefficient (Wildman–Crippen LogP) is 3.21. The third kappa shape index (κ3) is 4.72. The lowest BCUT2D eigenvalue weighted by Gasteiger charge is -2.24. The molecular weight excluding hydrogens is 564 g/mol. The van der Waals surface area contributed by atoms with Crippen LogP contribution in [0.3, 0.4) is 0 Å². The quantitative estimate of drug-likeness (QED) is 0.335. The number of allylic oxidation sites excluding steroid dienone is 1. The number of aromatic nitrogens is 1. The Morgan fingerprint density at radius 2 is 2.00 bits per heavy atom. The number of nitrogens with zero attached hydrogens (tertiary/aromatic N) is 2. The minimum absolute atomic E-state index is 0.0957. The van der Waals surface area contributed by atoms with E-state index in [1.807, 2.05) is 0 Å². The van der Waals surface area contributed by atoms with Gasteiger partial charge in [-0.15, -0.1) is 0 Å². The van der Waals surface area contributed by atoms with Gasteiger partial charge in [0.15, 0.2) is 16.3 Å². The summed E-state index contributed by atoms with van der Waals surface area (Å²) in [5.41, 5.74) is 1.56. The third-order valence-corrected chi connectivity index (χ3v) is 7.22. The van der Waals surface area contributed by atoms with Crippen LogP contribution >= 0.6 is 27.3 Å². The minimum atomic E-state index is -0.789. The van der Waals surface area contributed by atoms with E-state index in [1.165, 1.54) is 22.8 Å². The zero-order valence-electron chi connectivity index (χ0n) is 20.1. The van der Waals surface area contributed by atoms with E-state index in [0.29, 0.717) is 43.4 Å². The Balaban J connectivity index is 1.72. The molecule has 0 saturated carbocycles. The fraction of sp³-hybridized carbons (Fsp3) is 0.231. The molecule has 0 bridgehead atoms. The van der Waals surface area contributed by atoms with Crippen molar-refractivity contribution >= 4 is 45.3 Å². The fourth-order valence-corrected chi connectivity index (χ4v) is 5.63. The van der Waals surface area contributed by atoms with Gasteiger partial charge in [-0.25, -0.2) is 9.79 Å².